The average molecular weight is 1050 g/mol. The number of aliphatic hydroxyl groups is 3. The van der Waals surface area contributed by atoms with Crippen molar-refractivity contribution >= 4 is 5.91 Å². The van der Waals surface area contributed by atoms with Gasteiger partial charge in [-0.25, -0.2) is 0 Å². The van der Waals surface area contributed by atoms with Crippen molar-refractivity contribution < 1.29 is 20.1 Å². The van der Waals surface area contributed by atoms with Gasteiger partial charge in [-0.05, 0) is 64.2 Å². The topological polar surface area (TPSA) is 89.8 Å². The molecule has 0 heterocycles. The van der Waals surface area contributed by atoms with Crippen molar-refractivity contribution in [1.82, 2.24) is 5.32 Å². The van der Waals surface area contributed by atoms with Gasteiger partial charge in [-0.15, -0.1) is 0 Å². The molecule has 0 aromatic rings. The summed E-state index contributed by atoms with van der Waals surface area (Å²) in [6.45, 7) is 4.25. The maximum atomic E-state index is 12.6. The number of unbranched alkanes of at least 4 members (excludes halogenated alkanes) is 48. The van der Waals surface area contributed by atoms with E-state index in [1.165, 1.54) is 302 Å². The monoisotopic (exact) mass is 1050 g/mol. The molecule has 3 atom stereocenters. The van der Waals surface area contributed by atoms with E-state index >= 15 is 0 Å². The zero-order valence-corrected chi connectivity index (χ0v) is 50.7. The molecule has 5 nitrogen and oxygen atoms in total. The highest BCUT2D eigenvalue weighted by Crippen LogP contribution is 2.18. The zero-order chi connectivity index (χ0) is 54.3. The Morgan fingerprint density at radius 1 is 0.347 bits per heavy atom. The van der Waals surface area contributed by atoms with Gasteiger partial charge in [0.15, 0.2) is 0 Å². The van der Waals surface area contributed by atoms with Gasteiger partial charge >= 0.3 is 0 Å². The molecule has 1 amide bonds. The SMILES string of the molecule is CCCCCCCCCCCCCCC/C=C\C/C=C\CCCCCCCCCCCCCCCCCC(O)CC(=O)NC(CO)C(O)/C=C/CC/C=C/CCCCCCCCCCCCCCCCCCCCC. The van der Waals surface area contributed by atoms with Crippen LogP contribution in [-0.2, 0) is 4.79 Å². The fourth-order valence-corrected chi connectivity index (χ4v) is 10.7. The predicted octanol–water partition coefficient (Wildman–Crippen LogP) is 21.9. The number of rotatable bonds is 63. The Kier molecular flexibility index (Phi) is 63.4. The fraction of sp³-hybridized carbons (Fsp3) is 0.871. The summed E-state index contributed by atoms with van der Waals surface area (Å²) in [4.78, 5) is 12.6. The summed E-state index contributed by atoms with van der Waals surface area (Å²) in [5, 5.41) is 33.6. The van der Waals surface area contributed by atoms with Crippen molar-refractivity contribution in [2.24, 2.45) is 0 Å². The van der Waals surface area contributed by atoms with Crippen molar-refractivity contribution in [1.29, 1.82) is 0 Å². The first-order valence-corrected chi connectivity index (χ1v) is 33.9. The molecule has 0 aliphatic rings. The van der Waals surface area contributed by atoms with E-state index in [0.29, 0.717) is 6.42 Å². The van der Waals surface area contributed by atoms with Crippen LogP contribution >= 0.6 is 0 Å². The fourth-order valence-electron chi connectivity index (χ4n) is 10.7. The van der Waals surface area contributed by atoms with Gasteiger partial charge in [0.05, 0.1) is 31.3 Å². The highest BCUT2D eigenvalue weighted by atomic mass is 16.3. The van der Waals surface area contributed by atoms with Gasteiger partial charge < -0.3 is 20.6 Å². The molecule has 0 aromatic carbocycles. The number of aliphatic hydroxyl groups excluding tert-OH is 3. The largest absolute Gasteiger partial charge is 0.394 e. The van der Waals surface area contributed by atoms with Crippen LogP contribution in [0.1, 0.15) is 367 Å². The minimum Gasteiger partial charge on any atom is -0.394 e. The summed E-state index contributed by atoms with van der Waals surface area (Å²) >= 11 is 0. The summed E-state index contributed by atoms with van der Waals surface area (Å²) in [5.41, 5.74) is 0. The van der Waals surface area contributed by atoms with E-state index in [0.717, 1.165) is 38.5 Å². The lowest BCUT2D eigenvalue weighted by Crippen LogP contribution is -2.45. The third-order valence-electron chi connectivity index (χ3n) is 15.8. The number of nitrogens with one attached hydrogen (secondary N) is 1. The molecule has 0 rings (SSSR count). The Labute approximate surface area is 469 Å². The van der Waals surface area contributed by atoms with Gasteiger partial charge in [-0.1, -0.05) is 345 Å². The van der Waals surface area contributed by atoms with Crippen LogP contribution in [-0.4, -0.2) is 46.1 Å². The third kappa shape index (κ3) is 61.4. The molecule has 4 N–H and O–H groups in total. The van der Waals surface area contributed by atoms with Crippen molar-refractivity contribution in [2.45, 2.75) is 385 Å². The highest BCUT2D eigenvalue weighted by molar-refractivity contribution is 5.76. The zero-order valence-electron chi connectivity index (χ0n) is 50.7. The quantitative estimate of drug-likeness (QED) is 0.0361. The number of amides is 1. The first kappa shape index (κ1) is 73.3. The van der Waals surface area contributed by atoms with Crippen LogP contribution in [0, 0.1) is 0 Å². The van der Waals surface area contributed by atoms with Crippen LogP contribution in [0.3, 0.4) is 0 Å². The lowest BCUT2D eigenvalue weighted by atomic mass is 10.0. The maximum Gasteiger partial charge on any atom is 0.222 e. The third-order valence-corrected chi connectivity index (χ3v) is 15.8. The van der Waals surface area contributed by atoms with Gasteiger partial charge in [-0.2, -0.15) is 0 Å². The highest BCUT2D eigenvalue weighted by Gasteiger charge is 2.20. The van der Waals surface area contributed by atoms with E-state index in [-0.39, 0.29) is 18.9 Å². The van der Waals surface area contributed by atoms with E-state index in [4.69, 9.17) is 0 Å². The average Bonchev–Trinajstić information content (AvgIpc) is 3.41. The van der Waals surface area contributed by atoms with Gasteiger partial charge in [0.2, 0.25) is 5.91 Å². The second-order valence-electron chi connectivity index (χ2n) is 23.4. The Hall–Kier alpha value is -1.69. The molecule has 0 saturated heterocycles. The van der Waals surface area contributed by atoms with Crippen LogP contribution < -0.4 is 5.32 Å². The van der Waals surface area contributed by atoms with Crippen LogP contribution in [0.25, 0.3) is 0 Å². The van der Waals surface area contributed by atoms with E-state index < -0.39 is 18.2 Å². The lowest BCUT2D eigenvalue weighted by molar-refractivity contribution is -0.124. The molecule has 0 fully saturated rings. The van der Waals surface area contributed by atoms with Gasteiger partial charge in [0.25, 0.3) is 0 Å². The Balaban J connectivity index is 3.54. The predicted molar refractivity (Wildman–Crippen MR) is 333 cm³/mol. The summed E-state index contributed by atoms with van der Waals surface area (Å²) in [7, 11) is 0. The van der Waals surface area contributed by atoms with Crippen LogP contribution in [0.2, 0.25) is 0 Å². The molecule has 3 unspecified atom stereocenters. The molecule has 0 aliphatic carbocycles. The molecule has 0 bridgehead atoms. The van der Waals surface area contributed by atoms with Crippen LogP contribution in [0.4, 0.5) is 0 Å². The first-order chi connectivity index (χ1) is 37.0. The summed E-state index contributed by atoms with van der Waals surface area (Å²) in [6, 6.07) is -0.764. The minimum absolute atomic E-state index is 0.00662. The van der Waals surface area contributed by atoms with Crippen molar-refractivity contribution in [3.8, 4) is 0 Å². The second kappa shape index (κ2) is 64.8. The van der Waals surface area contributed by atoms with E-state index in [9.17, 15) is 20.1 Å². The molecule has 0 aliphatic heterocycles. The number of carbonyl (C=O) groups is 1. The molecule has 75 heavy (non-hydrogen) atoms. The summed E-state index contributed by atoms with van der Waals surface area (Å²) in [6.07, 6.45) is 87.9. The van der Waals surface area contributed by atoms with Crippen molar-refractivity contribution in [3.05, 3.63) is 48.6 Å². The molecule has 0 aromatic heterocycles. The minimum atomic E-state index is -0.955. The molecule has 0 radical (unpaired) electrons. The normalized spacial score (nSPS) is 13.4. The molecule has 0 saturated carbocycles. The Bertz CT molecular complexity index is 1210. The van der Waals surface area contributed by atoms with Gasteiger partial charge in [0.1, 0.15) is 0 Å². The number of allylic oxidation sites excluding steroid dienone is 7. The van der Waals surface area contributed by atoms with Crippen molar-refractivity contribution in [3.63, 3.8) is 0 Å². The van der Waals surface area contributed by atoms with E-state index in [1.54, 1.807) is 6.08 Å². The van der Waals surface area contributed by atoms with Crippen LogP contribution in [0.15, 0.2) is 48.6 Å². The molecule has 442 valence electrons. The van der Waals surface area contributed by atoms with Crippen LogP contribution in [0.5, 0.6) is 0 Å². The first-order valence-electron chi connectivity index (χ1n) is 33.9. The summed E-state index contributed by atoms with van der Waals surface area (Å²) < 4.78 is 0. The van der Waals surface area contributed by atoms with Gasteiger partial charge in [0, 0.05) is 0 Å². The standard InChI is InChI=1S/C70H133NO4/c1-3-5-7-9-11-13-15-17-19-21-23-25-27-29-30-31-32-33-34-35-36-37-38-40-41-43-45-47-49-51-53-55-57-59-61-63-67(73)65-70(75)71-68(66-72)69(74)64-62-60-58-56-54-52-50-48-46-44-42-39-28-26-24-22-20-18-16-14-12-10-8-6-4-2/h30-31,33-34,54,56,62,64,67-69,72-74H,3-29,32,35-53,55,57-61,63,65-66H2,1-2H3,(H,71,75)/b31-30-,34-33-,56-54+,64-62+. The summed E-state index contributed by atoms with van der Waals surface area (Å²) in [5.74, 6) is -0.320. The Morgan fingerprint density at radius 2 is 0.613 bits per heavy atom. The maximum absolute atomic E-state index is 12.6. The smallest absolute Gasteiger partial charge is 0.222 e. The van der Waals surface area contributed by atoms with Gasteiger partial charge in [-0.3, -0.25) is 4.79 Å². The second-order valence-corrected chi connectivity index (χ2v) is 23.4. The Morgan fingerprint density at radius 3 is 0.933 bits per heavy atom. The molecule has 0 spiro atoms. The number of carbonyl (C=O) groups excluding carboxylic acids is 1. The molecule has 5 heteroatoms. The number of hydrogen-bond acceptors (Lipinski definition) is 4. The molecular weight excluding hydrogens is 919 g/mol. The van der Waals surface area contributed by atoms with E-state index in [2.05, 4.69) is 55.6 Å². The lowest BCUT2D eigenvalue weighted by Gasteiger charge is -2.21. The number of hydrogen-bond donors (Lipinski definition) is 4. The molecular formula is C70H133NO4. The van der Waals surface area contributed by atoms with E-state index in [1.807, 2.05) is 6.08 Å². The van der Waals surface area contributed by atoms with Crippen molar-refractivity contribution in [2.75, 3.05) is 6.61 Å².